The van der Waals surface area contributed by atoms with E-state index in [1.165, 1.54) is 12.8 Å². The van der Waals surface area contributed by atoms with E-state index in [-0.39, 0.29) is 0 Å². The van der Waals surface area contributed by atoms with Crippen LogP contribution in [0.4, 0.5) is 0 Å². The molecule has 0 fully saturated rings. The molecule has 0 aliphatic heterocycles. The second kappa shape index (κ2) is 6.30. The Bertz CT molecular complexity index is 55.7. The predicted molar refractivity (Wildman–Crippen MR) is 49.0 cm³/mol. The number of alkyl halides is 2. The van der Waals surface area contributed by atoms with Crippen LogP contribution in [0.15, 0.2) is 0 Å². The van der Waals surface area contributed by atoms with Gasteiger partial charge in [-0.05, 0) is 11.8 Å². The standard InChI is InChI=1S/C8H16Cl2/c1-3-7(4-2)8(5-9)6-10/h7-8H,3-6H2,1-2H3. The molecule has 0 radical (unpaired) electrons. The zero-order valence-electron chi connectivity index (χ0n) is 6.74. The molecule has 0 atom stereocenters. The number of hydrogen-bond acceptors (Lipinski definition) is 0. The van der Waals surface area contributed by atoms with Gasteiger partial charge in [-0.25, -0.2) is 0 Å². The normalized spacial score (nSPS) is 11.4. The maximum absolute atomic E-state index is 5.74. The van der Waals surface area contributed by atoms with Crippen molar-refractivity contribution >= 4 is 23.2 Å². The smallest absolute Gasteiger partial charge is 0.0265 e. The summed E-state index contributed by atoms with van der Waals surface area (Å²) in [4.78, 5) is 0. The highest BCUT2D eigenvalue weighted by Gasteiger charge is 2.15. The third-order valence-electron chi connectivity index (χ3n) is 2.11. The quantitative estimate of drug-likeness (QED) is 0.572. The summed E-state index contributed by atoms with van der Waals surface area (Å²) < 4.78 is 0. The van der Waals surface area contributed by atoms with Gasteiger partial charge in [0.25, 0.3) is 0 Å². The fourth-order valence-corrected chi connectivity index (χ4v) is 2.08. The van der Waals surface area contributed by atoms with E-state index in [9.17, 15) is 0 Å². The lowest BCUT2D eigenvalue weighted by Gasteiger charge is -2.20. The molecule has 62 valence electrons. The van der Waals surface area contributed by atoms with E-state index in [0.29, 0.717) is 17.7 Å². The molecular weight excluding hydrogens is 167 g/mol. The molecule has 0 saturated carbocycles. The molecule has 0 aliphatic carbocycles. The lowest BCUT2D eigenvalue weighted by molar-refractivity contribution is 0.369. The Morgan fingerprint density at radius 3 is 1.40 bits per heavy atom. The van der Waals surface area contributed by atoms with Crippen LogP contribution in [-0.4, -0.2) is 11.8 Å². The van der Waals surface area contributed by atoms with Gasteiger partial charge in [0.15, 0.2) is 0 Å². The third kappa shape index (κ3) is 3.12. The van der Waals surface area contributed by atoms with Crippen LogP contribution in [0.2, 0.25) is 0 Å². The minimum atomic E-state index is 0.512. The maximum atomic E-state index is 5.74. The number of rotatable bonds is 5. The van der Waals surface area contributed by atoms with Gasteiger partial charge in [0.05, 0.1) is 0 Å². The zero-order chi connectivity index (χ0) is 7.98. The van der Waals surface area contributed by atoms with Crippen molar-refractivity contribution in [3.05, 3.63) is 0 Å². The molecule has 0 amide bonds. The van der Waals surface area contributed by atoms with Crippen molar-refractivity contribution in [3.63, 3.8) is 0 Å². The molecule has 0 spiro atoms. The van der Waals surface area contributed by atoms with Gasteiger partial charge in [-0.15, -0.1) is 23.2 Å². The topological polar surface area (TPSA) is 0 Å². The van der Waals surface area contributed by atoms with Gasteiger partial charge in [-0.2, -0.15) is 0 Å². The second-order valence-electron chi connectivity index (χ2n) is 2.65. The van der Waals surface area contributed by atoms with E-state index in [4.69, 9.17) is 23.2 Å². The largest absolute Gasteiger partial charge is 0.126 e. The van der Waals surface area contributed by atoms with E-state index >= 15 is 0 Å². The monoisotopic (exact) mass is 182 g/mol. The molecule has 0 N–H and O–H groups in total. The first kappa shape index (κ1) is 10.6. The SMILES string of the molecule is CCC(CC)C(CCl)CCl. The lowest BCUT2D eigenvalue weighted by atomic mass is 9.91. The van der Waals surface area contributed by atoms with Crippen LogP contribution in [0.5, 0.6) is 0 Å². The first-order valence-corrected chi connectivity index (χ1v) is 4.98. The van der Waals surface area contributed by atoms with Gasteiger partial charge in [0, 0.05) is 11.8 Å². The van der Waals surface area contributed by atoms with Crippen molar-refractivity contribution in [3.8, 4) is 0 Å². The Balaban J connectivity index is 3.70. The number of hydrogen-bond donors (Lipinski definition) is 0. The number of halogens is 2. The average Bonchev–Trinajstić information content (AvgIpc) is 2.00. The molecule has 0 rings (SSSR count). The van der Waals surface area contributed by atoms with Gasteiger partial charge < -0.3 is 0 Å². The van der Waals surface area contributed by atoms with Crippen molar-refractivity contribution in [2.75, 3.05) is 11.8 Å². The average molecular weight is 183 g/mol. The van der Waals surface area contributed by atoms with Gasteiger partial charge >= 0.3 is 0 Å². The van der Waals surface area contributed by atoms with Crippen LogP contribution in [0.1, 0.15) is 26.7 Å². The summed E-state index contributed by atoms with van der Waals surface area (Å²) in [6, 6.07) is 0. The van der Waals surface area contributed by atoms with Crippen LogP contribution >= 0.6 is 23.2 Å². The van der Waals surface area contributed by atoms with Crippen LogP contribution < -0.4 is 0 Å². The molecule has 0 aromatic heterocycles. The molecule has 2 heteroatoms. The van der Waals surface area contributed by atoms with Crippen LogP contribution in [0, 0.1) is 11.8 Å². The molecule has 0 bridgehead atoms. The van der Waals surface area contributed by atoms with Crippen molar-refractivity contribution in [2.24, 2.45) is 11.8 Å². The summed E-state index contributed by atoms with van der Waals surface area (Å²) in [6.07, 6.45) is 2.39. The highest BCUT2D eigenvalue weighted by atomic mass is 35.5. The van der Waals surface area contributed by atoms with E-state index in [1.807, 2.05) is 0 Å². The summed E-state index contributed by atoms with van der Waals surface area (Å²) in [6.45, 7) is 4.39. The Morgan fingerprint density at radius 2 is 1.30 bits per heavy atom. The van der Waals surface area contributed by atoms with Crippen LogP contribution in [-0.2, 0) is 0 Å². The Hall–Kier alpha value is 0.580. The molecular formula is C8H16Cl2. The first-order chi connectivity index (χ1) is 4.79. The Labute approximate surface area is 73.9 Å². The molecule has 0 saturated heterocycles. The molecule has 0 aromatic rings. The van der Waals surface area contributed by atoms with Crippen molar-refractivity contribution < 1.29 is 0 Å². The van der Waals surface area contributed by atoms with E-state index in [0.717, 1.165) is 5.92 Å². The molecule has 0 aromatic carbocycles. The van der Waals surface area contributed by atoms with Crippen molar-refractivity contribution in [1.82, 2.24) is 0 Å². The second-order valence-corrected chi connectivity index (χ2v) is 3.26. The molecule has 0 aliphatic rings. The Kier molecular flexibility index (Phi) is 6.67. The minimum absolute atomic E-state index is 0.512. The summed E-state index contributed by atoms with van der Waals surface area (Å²) in [5.74, 6) is 2.64. The lowest BCUT2D eigenvalue weighted by Crippen LogP contribution is -2.16. The fourth-order valence-electron chi connectivity index (χ4n) is 1.25. The van der Waals surface area contributed by atoms with E-state index in [1.54, 1.807) is 0 Å². The summed E-state index contributed by atoms with van der Waals surface area (Å²) in [5, 5.41) is 0. The fraction of sp³-hybridized carbons (Fsp3) is 1.00. The first-order valence-electron chi connectivity index (χ1n) is 3.92. The highest BCUT2D eigenvalue weighted by Crippen LogP contribution is 2.21. The third-order valence-corrected chi connectivity index (χ3v) is 2.90. The van der Waals surface area contributed by atoms with E-state index < -0.39 is 0 Å². The van der Waals surface area contributed by atoms with Crippen LogP contribution in [0.25, 0.3) is 0 Å². The zero-order valence-corrected chi connectivity index (χ0v) is 8.25. The van der Waals surface area contributed by atoms with Crippen molar-refractivity contribution in [2.45, 2.75) is 26.7 Å². The summed E-state index contributed by atoms with van der Waals surface area (Å²) >= 11 is 11.5. The highest BCUT2D eigenvalue weighted by molar-refractivity contribution is 6.20. The van der Waals surface area contributed by atoms with Crippen molar-refractivity contribution in [1.29, 1.82) is 0 Å². The summed E-state index contributed by atoms with van der Waals surface area (Å²) in [5.41, 5.74) is 0. The van der Waals surface area contributed by atoms with Gasteiger partial charge in [-0.3, -0.25) is 0 Å². The van der Waals surface area contributed by atoms with E-state index in [2.05, 4.69) is 13.8 Å². The Morgan fingerprint density at radius 1 is 0.900 bits per heavy atom. The van der Waals surface area contributed by atoms with Gasteiger partial charge in [0.1, 0.15) is 0 Å². The maximum Gasteiger partial charge on any atom is 0.0265 e. The molecule has 10 heavy (non-hydrogen) atoms. The molecule has 0 nitrogen and oxygen atoms in total. The molecule has 0 heterocycles. The predicted octanol–water partition coefficient (Wildman–Crippen LogP) is 3.52. The summed E-state index contributed by atoms with van der Waals surface area (Å²) in [7, 11) is 0. The molecule has 0 unspecified atom stereocenters. The minimum Gasteiger partial charge on any atom is -0.126 e. The van der Waals surface area contributed by atoms with Gasteiger partial charge in [-0.1, -0.05) is 26.7 Å². The van der Waals surface area contributed by atoms with Crippen LogP contribution in [0.3, 0.4) is 0 Å². The van der Waals surface area contributed by atoms with Gasteiger partial charge in [0.2, 0.25) is 0 Å².